The first kappa shape index (κ1) is 25.2. The largest absolute Gasteiger partial charge is 0.501 e. The van der Waals surface area contributed by atoms with Crippen LogP contribution in [-0.2, 0) is 22.1 Å². The van der Waals surface area contributed by atoms with Gasteiger partial charge in [0.25, 0.3) is 0 Å². The Hall–Kier alpha value is -3.42. The molecular weight excluding hydrogens is 447 g/mol. The molecule has 1 aliphatic heterocycles. The lowest BCUT2D eigenvalue weighted by atomic mass is 10.1. The molecule has 182 valence electrons. The Balaban J connectivity index is 1.86. The van der Waals surface area contributed by atoms with Crippen molar-refractivity contribution < 1.29 is 32.2 Å². The Morgan fingerprint density at radius 3 is 2.44 bits per heavy atom. The summed E-state index contributed by atoms with van der Waals surface area (Å²) in [5.74, 6) is 1.70. The van der Waals surface area contributed by atoms with Crippen LogP contribution in [0.15, 0.2) is 65.9 Å². The van der Waals surface area contributed by atoms with E-state index in [0.717, 1.165) is 23.5 Å². The van der Waals surface area contributed by atoms with Gasteiger partial charge in [-0.25, -0.2) is 0 Å². The van der Waals surface area contributed by atoms with E-state index in [1.54, 1.807) is 30.2 Å². The van der Waals surface area contributed by atoms with Gasteiger partial charge in [0.2, 0.25) is 12.7 Å². The molecule has 0 aliphatic carbocycles. The van der Waals surface area contributed by atoms with E-state index >= 15 is 0 Å². The summed E-state index contributed by atoms with van der Waals surface area (Å²) in [6.45, 7) is 4.21. The van der Waals surface area contributed by atoms with Crippen molar-refractivity contribution in [2.45, 2.75) is 39.3 Å². The van der Waals surface area contributed by atoms with Crippen LogP contribution in [0, 0.1) is 0 Å². The minimum absolute atomic E-state index is 0.111. The molecule has 1 heterocycles. The van der Waals surface area contributed by atoms with Crippen LogP contribution in [-0.4, -0.2) is 26.4 Å². The molecule has 0 aromatic heterocycles. The molecule has 0 saturated heterocycles. The number of alkyl halides is 3. The molecule has 2 aromatic carbocycles. The topological polar surface area (TPSA) is 48.0 Å². The van der Waals surface area contributed by atoms with E-state index in [-0.39, 0.29) is 25.7 Å². The van der Waals surface area contributed by atoms with Crippen LogP contribution in [0.1, 0.15) is 37.8 Å². The predicted octanol–water partition coefficient (Wildman–Crippen LogP) is 6.29. The van der Waals surface area contributed by atoms with Gasteiger partial charge in [0.15, 0.2) is 11.5 Å². The number of rotatable bonds is 9. The van der Waals surface area contributed by atoms with Crippen molar-refractivity contribution in [3.05, 3.63) is 77.1 Å². The van der Waals surface area contributed by atoms with E-state index in [2.05, 4.69) is 0 Å². The van der Waals surface area contributed by atoms with Gasteiger partial charge in [-0.2, -0.15) is 13.2 Å². The normalized spacial score (nSPS) is 13.7. The minimum Gasteiger partial charge on any atom is -0.501 e. The van der Waals surface area contributed by atoms with E-state index in [4.69, 9.17) is 14.2 Å². The second-order valence-electron chi connectivity index (χ2n) is 7.71. The maximum Gasteiger partial charge on any atom is 0.416 e. The third kappa shape index (κ3) is 6.12. The first-order valence-corrected chi connectivity index (χ1v) is 11.0. The first-order valence-electron chi connectivity index (χ1n) is 11.0. The van der Waals surface area contributed by atoms with E-state index in [9.17, 15) is 18.0 Å². The number of fused-ring (bicyclic) bond motifs is 1. The highest BCUT2D eigenvalue weighted by Crippen LogP contribution is 2.36. The number of nitrogens with zero attached hydrogens (tertiary/aromatic N) is 1. The summed E-state index contributed by atoms with van der Waals surface area (Å²) in [5, 5.41) is 0. The summed E-state index contributed by atoms with van der Waals surface area (Å²) in [6.07, 6.45) is 0.451. The molecular formula is C26H28F3NO4. The highest BCUT2D eigenvalue weighted by atomic mass is 19.4. The number of ether oxygens (including phenoxy) is 3. The second kappa shape index (κ2) is 11.1. The standard InChI is InChI=1S/C26H28F3NO4/c1-4-6-19(22(5-2)32-3)15-25(31)30(21-11-12-23-24(16-21)34-17-33-23)14-13-18-7-9-20(10-8-18)26(27,28)29/h4,6-12,16H,5,13-15,17H2,1-3H3/b6-4-,22-19-. The quantitative estimate of drug-likeness (QED) is 0.316. The average molecular weight is 476 g/mol. The number of allylic oxidation sites excluding steroid dienone is 3. The Morgan fingerprint density at radius 1 is 1.12 bits per heavy atom. The van der Waals surface area contributed by atoms with Gasteiger partial charge in [-0.15, -0.1) is 0 Å². The lowest BCUT2D eigenvalue weighted by Crippen LogP contribution is -2.33. The molecule has 3 rings (SSSR count). The summed E-state index contributed by atoms with van der Waals surface area (Å²) in [4.78, 5) is 15.1. The molecule has 0 unspecified atom stereocenters. The lowest BCUT2D eigenvalue weighted by Gasteiger charge is -2.24. The number of halogens is 3. The first-order chi connectivity index (χ1) is 16.3. The van der Waals surface area contributed by atoms with E-state index < -0.39 is 11.7 Å². The number of amides is 1. The van der Waals surface area contributed by atoms with Crippen LogP contribution < -0.4 is 14.4 Å². The van der Waals surface area contributed by atoms with Crippen molar-refractivity contribution in [3.8, 4) is 11.5 Å². The molecule has 0 fully saturated rings. The predicted molar refractivity (Wildman–Crippen MR) is 124 cm³/mol. The number of methoxy groups -OCH3 is 1. The van der Waals surface area contributed by atoms with Crippen molar-refractivity contribution in [1.82, 2.24) is 0 Å². The second-order valence-corrected chi connectivity index (χ2v) is 7.71. The van der Waals surface area contributed by atoms with Crippen LogP contribution in [0.5, 0.6) is 11.5 Å². The van der Waals surface area contributed by atoms with Crippen molar-refractivity contribution in [2.24, 2.45) is 0 Å². The average Bonchev–Trinajstić information content (AvgIpc) is 3.28. The number of carbonyl (C=O) groups excluding carboxylic acids is 1. The maximum absolute atomic E-state index is 13.5. The van der Waals surface area contributed by atoms with Gasteiger partial charge in [-0.05, 0) is 48.7 Å². The molecule has 34 heavy (non-hydrogen) atoms. The lowest BCUT2D eigenvalue weighted by molar-refractivity contribution is -0.137. The van der Waals surface area contributed by atoms with Crippen molar-refractivity contribution >= 4 is 11.6 Å². The van der Waals surface area contributed by atoms with Crippen LogP contribution in [0.4, 0.5) is 18.9 Å². The molecule has 8 heteroatoms. The van der Waals surface area contributed by atoms with Crippen LogP contribution >= 0.6 is 0 Å². The van der Waals surface area contributed by atoms with Gasteiger partial charge in [0.05, 0.1) is 24.9 Å². The third-order valence-corrected chi connectivity index (χ3v) is 5.51. The van der Waals surface area contributed by atoms with Crippen LogP contribution in [0.3, 0.4) is 0 Å². The van der Waals surface area contributed by atoms with Crippen molar-refractivity contribution in [1.29, 1.82) is 0 Å². The Kier molecular flexibility index (Phi) is 8.26. The van der Waals surface area contributed by atoms with Gasteiger partial charge >= 0.3 is 6.18 Å². The van der Waals surface area contributed by atoms with Gasteiger partial charge < -0.3 is 19.1 Å². The smallest absolute Gasteiger partial charge is 0.416 e. The fourth-order valence-corrected chi connectivity index (χ4v) is 3.76. The van der Waals surface area contributed by atoms with Gasteiger partial charge in [-0.3, -0.25) is 4.79 Å². The highest BCUT2D eigenvalue weighted by molar-refractivity contribution is 5.95. The third-order valence-electron chi connectivity index (χ3n) is 5.51. The monoisotopic (exact) mass is 475 g/mol. The Morgan fingerprint density at radius 2 is 1.82 bits per heavy atom. The summed E-state index contributed by atoms with van der Waals surface area (Å²) < 4.78 is 54.9. The zero-order valence-corrected chi connectivity index (χ0v) is 19.4. The SMILES string of the molecule is C/C=C\C(CC(=O)N(CCc1ccc(C(F)(F)F)cc1)c1ccc2c(c1)OCO2)=C(/CC)OC. The zero-order valence-electron chi connectivity index (χ0n) is 19.4. The molecule has 0 spiro atoms. The van der Waals surface area contributed by atoms with Crippen LogP contribution in [0.25, 0.3) is 0 Å². The Labute approximate surface area is 197 Å². The number of anilines is 1. The van der Waals surface area contributed by atoms with Crippen molar-refractivity contribution in [2.75, 3.05) is 25.3 Å². The molecule has 0 atom stereocenters. The summed E-state index contributed by atoms with van der Waals surface area (Å²) in [6, 6.07) is 10.2. The Bertz CT molecular complexity index is 1050. The van der Waals surface area contributed by atoms with Gasteiger partial charge in [0, 0.05) is 24.7 Å². The number of benzene rings is 2. The summed E-state index contributed by atoms with van der Waals surface area (Å²) >= 11 is 0. The zero-order chi connectivity index (χ0) is 24.7. The molecule has 2 aromatic rings. The molecule has 0 radical (unpaired) electrons. The van der Waals surface area contributed by atoms with Gasteiger partial charge in [0.1, 0.15) is 0 Å². The fraction of sp³-hybridized carbons (Fsp3) is 0.346. The molecule has 5 nitrogen and oxygen atoms in total. The van der Waals surface area contributed by atoms with Crippen LogP contribution in [0.2, 0.25) is 0 Å². The number of hydrogen-bond acceptors (Lipinski definition) is 4. The van der Waals surface area contributed by atoms with E-state index in [1.807, 2.05) is 26.0 Å². The van der Waals surface area contributed by atoms with Gasteiger partial charge in [-0.1, -0.05) is 31.2 Å². The molecule has 0 N–H and O–H groups in total. The van der Waals surface area contributed by atoms with E-state index in [1.165, 1.54) is 12.1 Å². The summed E-state index contributed by atoms with van der Waals surface area (Å²) in [5.41, 5.74) is 1.39. The molecule has 1 amide bonds. The number of carbonyl (C=O) groups is 1. The van der Waals surface area contributed by atoms with E-state index in [0.29, 0.717) is 35.6 Å². The molecule has 0 bridgehead atoms. The summed E-state index contributed by atoms with van der Waals surface area (Å²) in [7, 11) is 1.58. The number of hydrogen-bond donors (Lipinski definition) is 0. The molecule has 1 aliphatic rings. The highest BCUT2D eigenvalue weighted by Gasteiger charge is 2.30. The minimum atomic E-state index is -4.39. The molecule has 0 saturated carbocycles. The van der Waals surface area contributed by atoms with Crippen molar-refractivity contribution in [3.63, 3.8) is 0 Å². The fourth-order valence-electron chi connectivity index (χ4n) is 3.76. The maximum atomic E-state index is 13.5.